The maximum atomic E-state index is 11.2. The second kappa shape index (κ2) is 8.38. The van der Waals surface area contributed by atoms with Gasteiger partial charge in [0.25, 0.3) is 0 Å². The molecule has 0 bridgehead atoms. The molecule has 0 aromatic carbocycles. The molecule has 0 aliphatic heterocycles. The molecule has 9 heteroatoms. The van der Waals surface area contributed by atoms with Crippen molar-refractivity contribution in [2.24, 2.45) is 0 Å². The van der Waals surface area contributed by atoms with Gasteiger partial charge >= 0.3 is 0 Å². The van der Waals surface area contributed by atoms with E-state index >= 15 is 0 Å². The molecule has 0 fully saturated rings. The minimum absolute atomic E-state index is 0.112. The van der Waals surface area contributed by atoms with Crippen molar-refractivity contribution in [3.63, 3.8) is 0 Å². The lowest BCUT2D eigenvalue weighted by Crippen LogP contribution is -2.25. The van der Waals surface area contributed by atoms with Crippen LogP contribution >= 0.6 is 11.8 Å². The van der Waals surface area contributed by atoms with Crippen molar-refractivity contribution in [3.8, 4) is 0 Å². The average Bonchev–Trinajstić information content (AvgIpc) is 2.39. The van der Waals surface area contributed by atoms with Crippen LogP contribution in [0.15, 0.2) is 5.16 Å². The van der Waals surface area contributed by atoms with Crippen LogP contribution in [0.1, 0.15) is 20.8 Å². The Morgan fingerprint density at radius 3 is 2.33 bits per heavy atom. The zero-order valence-corrected chi connectivity index (χ0v) is 14.6. The average molecular weight is 333 g/mol. The Balaban J connectivity index is 2.91. The minimum atomic E-state index is -2.97. The van der Waals surface area contributed by atoms with Crippen LogP contribution in [0.4, 0.5) is 11.9 Å². The van der Waals surface area contributed by atoms with Gasteiger partial charge in [0.05, 0.1) is 5.75 Å². The molecule has 0 spiro atoms. The molecule has 120 valence electrons. The fourth-order valence-electron chi connectivity index (χ4n) is 1.58. The lowest BCUT2D eigenvalue weighted by Gasteiger charge is -2.19. The number of hydrogen-bond acceptors (Lipinski definition) is 8. The molecule has 0 saturated heterocycles. The van der Waals surface area contributed by atoms with Crippen LogP contribution in [0.3, 0.4) is 0 Å². The van der Waals surface area contributed by atoms with Gasteiger partial charge in [-0.15, -0.1) is 0 Å². The monoisotopic (exact) mass is 333 g/mol. The predicted molar refractivity (Wildman–Crippen MR) is 88.0 cm³/mol. The molecule has 1 aromatic heterocycles. The van der Waals surface area contributed by atoms with Crippen molar-refractivity contribution in [2.75, 3.05) is 47.6 Å². The van der Waals surface area contributed by atoms with Gasteiger partial charge in [-0.3, -0.25) is 0 Å². The number of hydrogen-bond donors (Lipinski definition) is 1. The molecule has 7 nitrogen and oxygen atoms in total. The number of rotatable bonds is 9. The first kappa shape index (κ1) is 18.0. The van der Waals surface area contributed by atoms with Gasteiger partial charge < -0.3 is 10.2 Å². The number of thioether (sulfide) groups is 1. The van der Waals surface area contributed by atoms with Crippen LogP contribution in [0.5, 0.6) is 0 Å². The normalized spacial score (nSPS) is 11.4. The largest absolute Gasteiger partial charge is 0.354 e. The second-order valence-corrected chi connectivity index (χ2v) is 7.74. The van der Waals surface area contributed by atoms with Gasteiger partial charge in [-0.25, -0.2) is 8.42 Å². The molecule has 1 N–H and O–H groups in total. The molecule has 0 radical (unpaired) electrons. The van der Waals surface area contributed by atoms with E-state index in [0.29, 0.717) is 22.8 Å². The topological polar surface area (TPSA) is 88.1 Å². The lowest BCUT2D eigenvalue weighted by molar-refractivity contribution is 0.603. The van der Waals surface area contributed by atoms with Crippen molar-refractivity contribution in [1.82, 2.24) is 15.0 Å². The third-order valence-electron chi connectivity index (χ3n) is 2.67. The summed E-state index contributed by atoms with van der Waals surface area (Å²) in [5.41, 5.74) is 0. The number of sulfone groups is 1. The summed E-state index contributed by atoms with van der Waals surface area (Å²) in [6.45, 7) is 8.37. The summed E-state index contributed by atoms with van der Waals surface area (Å²) in [6, 6.07) is 0. The number of nitrogens with one attached hydrogen (secondary N) is 1. The molecule has 1 rings (SSSR count). The van der Waals surface area contributed by atoms with Crippen molar-refractivity contribution in [1.29, 1.82) is 0 Å². The van der Waals surface area contributed by atoms with Gasteiger partial charge in [0.15, 0.2) is 5.16 Å². The molecule has 0 amide bonds. The van der Waals surface area contributed by atoms with Crippen LogP contribution in [-0.2, 0) is 9.84 Å². The van der Waals surface area contributed by atoms with E-state index in [1.54, 1.807) is 0 Å². The first-order chi connectivity index (χ1) is 9.89. The highest BCUT2D eigenvalue weighted by atomic mass is 32.2. The maximum absolute atomic E-state index is 11.2. The summed E-state index contributed by atoms with van der Waals surface area (Å²) in [5.74, 6) is 1.69. The van der Waals surface area contributed by atoms with Crippen LogP contribution < -0.4 is 10.2 Å². The molecule has 1 aromatic rings. The molecule has 0 unspecified atom stereocenters. The minimum Gasteiger partial charge on any atom is -0.354 e. The van der Waals surface area contributed by atoms with Crippen molar-refractivity contribution in [2.45, 2.75) is 25.9 Å². The van der Waals surface area contributed by atoms with Gasteiger partial charge in [-0.2, -0.15) is 15.0 Å². The Hall–Kier alpha value is -1.09. The zero-order chi connectivity index (χ0) is 15.9. The summed E-state index contributed by atoms with van der Waals surface area (Å²) in [6.07, 6.45) is 1.23. The number of anilines is 2. The van der Waals surface area contributed by atoms with E-state index in [1.165, 1.54) is 18.0 Å². The van der Waals surface area contributed by atoms with E-state index in [2.05, 4.69) is 20.3 Å². The van der Waals surface area contributed by atoms with E-state index in [0.717, 1.165) is 19.6 Å². The van der Waals surface area contributed by atoms with Crippen molar-refractivity contribution in [3.05, 3.63) is 0 Å². The van der Waals surface area contributed by atoms with Gasteiger partial charge in [0.1, 0.15) is 9.84 Å². The van der Waals surface area contributed by atoms with Crippen molar-refractivity contribution >= 4 is 33.5 Å². The van der Waals surface area contributed by atoms with Crippen LogP contribution in [0.2, 0.25) is 0 Å². The standard InChI is InChI=1S/C12H23N5O2S2/c1-5-13-10-14-11(17(6-2)7-3)16-12(15-10)20-8-9-21(4,18)19/h5-9H2,1-4H3,(H,13,14,15,16). The fourth-order valence-corrected chi connectivity index (χ4v) is 3.60. The Bertz CT molecular complexity index is 547. The molecular formula is C12H23N5O2S2. The van der Waals surface area contributed by atoms with Crippen LogP contribution in [-0.4, -0.2) is 60.8 Å². The Kier molecular flexibility index (Phi) is 7.16. The summed E-state index contributed by atoms with van der Waals surface area (Å²) in [5, 5.41) is 3.63. The molecule has 0 aliphatic carbocycles. The van der Waals surface area contributed by atoms with Gasteiger partial charge in [0.2, 0.25) is 11.9 Å². The third kappa shape index (κ3) is 6.47. The van der Waals surface area contributed by atoms with E-state index < -0.39 is 9.84 Å². The molecule has 0 atom stereocenters. The van der Waals surface area contributed by atoms with Crippen LogP contribution in [0.25, 0.3) is 0 Å². The Morgan fingerprint density at radius 1 is 1.14 bits per heavy atom. The highest BCUT2D eigenvalue weighted by Crippen LogP contribution is 2.18. The highest BCUT2D eigenvalue weighted by molar-refractivity contribution is 8.00. The van der Waals surface area contributed by atoms with Gasteiger partial charge in [-0.05, 0) is 20.8 Å². The summed E-state index contributed by atoms with van der Waals surface area (Å²) in [7, 11) is -2.97. The van der Waals surface area contributed by atoms with Gasteiger partial charge in [0, 0.05) is 31.6 Å². The van der Waals surface area contributed by atoms with Gasteiger partial charge in [-0.1, -0.05) is 11.8 Å². The second-order valence-electron chi connectivity index (χ2n) is 4.42. The summed E-state index contributed by atoms with van der Waals surface area (Å²) < 4.78 is 22.3. The van der Waals surface area contributed by atoms with E-state index in [4.69, 9.17) is 0 Å². The van der Waals surface area contributed by atoms with Crippen LogP contribution in [0, 0.1) is 0 Å². The first-order valence-electron chi connectivity index (χ1n) is 6.95. The first-order valence-corrected chi connectivity index (χ1v) is 9.99. The lowest BCUT2D eigenvalue weighted by atomic mass is 10.5. The van der Waals surface area contributed by atoms with E-state index in [1.807, 2.05) is 25.7 Å². The quantitative estimate of drug-likeness (QED) is 0.676. The molecule has 1 heterocycles. The SMILES string of the molecule is CCNc1nc(SCCS(C)(=O)=O)nc(N(CC)CC)n1. The maximum Gasteiger partial charge on any atom is 0.231 e. The smallest absolute Gasteiger partial charge is 0.231 e. The molecular weight excluding hydrogens is 310 g/mol. The molecule has 0 aliphatic rings. The van der Waals surface area contributed by atoms with E-state index in [9.17, 15) is 8.42 Å². The zero-order valence-electron chi connectivity index (χ0n) is 13.0. The Morgan fingerprint density at radius 2 is 1.81 bits per heavy atom. The predicted octanol–water partition coefficient (Wildman–Crippen LogP) is 1.29. The fraction of sp³-hybridized carbons (Fsp3) is 0.750. The Labute approximate surface area is 130 Å². The van der Waals surface area contributed by atoms with Crippen molar-refractivity contribution < 1.29 is 8.42 Å². The summed E-state index contributed by atoms with van der Waals surface area (Å²) in [4.78, 5) is 15.1. The highest BCUT2D eigenvalue weighted by Gasteiger charge is 2.12. The summed E-state index contributed by atoms with van der Waals surface area (Å²) >= 11 is 1.33. The third-order valence-corrected chi connectivity index (χ3v) is 4.72. The molecule has 0 saturated carbocycles. The number of nitrogens with zero attached hydrogens (tertiary/aromatic N) is 4. The van der Waals surface area contributed by atoms with E-state index in [-0.39, 0.29) is 5.75 Å². The molecule has 21 heavy (non-hydrogen) atoms. The number of aromatic nitrogens is 3.